The van der Waals surface area contributed by atoms with Crippen LogP contribution in [0.4, 0.5) is 5.69 Å². The van der Waals surface area contributed by atoms with E-state index in [1.165, 1.54) is 22.1 Å². The molecule has 0 aliphatic heterocycles. The molecule has 7 nitrogen and oxygen atoms in total. The van der Waals surface area contributed by atoms with Crippen LogP contribution in [-0.4, -0.2) is 20.0 Å². The molecule has 1 amide bonds. The highest BCUT2D eigenvalue weighted by molar-refractivity contribution is 7.09. The van der Waals surface area contributed by atoms with Crippen LogP contribution >= 0.6 is 11.3 Å². The topological polar surface area (TPSA) is 86.0 Å². The van der Waals surface area contributed by atoms with E-state index in [-0.39, 0.29) is 24.5 Å². The number of pyridine rings is 1. The van der Waals surface area contributed by atoms with Crippen LogP contribution in [0.25, 0.3) is 11.0 Å². The first kappa shape index (κ1) is 18.8. The van der Waals surface area contributed by atoms with Crippen molar-refractivity contribution in [2.24, 2.45) is 0 Å². The number of carbonyl (C=O) groups is 1. The Balaban J connectivity index is 1.75. The summed E-state index contributed by atoms with van der Waals surface area (Å²) >= 11 is 1.46. The first-order valence-electron chi connectivity index (χ1n) is 9.00. The quantitative estimate of drug-likeness (QED) is 0.552. The molecule has 146 valence electrons. The van der Waals surface area contributed by atoms with Crippen LogP contribution in [0.2, 0.25) is 0 Å². The van der Waals surface area contributed by atoms with E-state index < -0.39 is 11.2 Å². The van der Waals surface area contributed by atoms with E-state index >= 15 is 0 Å². The summed E-state index contributed by atoms with van der Waals surface area (Å²) in [7, 11) is 0. The van der Waals surface area contributed by atoms with Gasteiger partial charge < -0.3 is 5.32 Å². The summed E-state index contributed by atoms with van der Waals surface area (Å²) in [6.45, 7) is 1.85. The van der Waals surface area contributed by atoms with Crippen molar-refractivity contribution >= 4 is 34.0 Å². The fraction of sp³-hybridized carbons (Fsp3) is 0.143. The number of hydrogen-bond acceptors (Lipinski definition) is 5. The molecule has 0 fully saturated rings. The van der Waals surface area contributed by atoms with E-state index in [1.54, 1.807) is 18.2 Å². The maximum absolute atomic E-state index is 13.1. The number of amides is 1. The summed E-state index contributed by atoms with van der Waals surface area (Å²) in [6, 6.07) is 14.4. The first-order chi connectivity index (χ1) is 14.0. The molecule has 1 aromatic carbocycles. The van der Waals surface area contributed by atoms with Crippen molar-refractivity contribution in [2.75, 3.05) is 5.32 Å². The Morgan fingerprint density at radius 3 is 2.72 bits per heavy atom. The van der Waals surface area contributed by atoms with Crippen molar-refractivity contribution in [3.05, 3.63) is 91.4 Å². The van der Waals surface area contributed by atoms with E-state index in [9.17, 15) is 14.4 Å². The molecular weight excluding hydrogens is 388 g/mol. The molecule has 3 aromatic heterocycles. The average molecular weight is 406 g/mol. The number of nitrogens with one attached hydrogen (secondary N) is 1. The molecule has 0 unspecified atom stereocenters. The number of aromatic nitrogens is 3. The summed E-state index contributed by atoms with van der Waals surface area (Å²) < 4.78 is 2.42. The second-order valence-electron chi connectivity index (χ2n) is 6.63. The third-order valence-electron chi connectivity index (χ3n) is 4.48. The normalized spacial score (nSPS) is 10.9. The maximum atomic E-state index is 13.1. The minimum atomic E-state index is -0.539. The van der Waals surface area contributed by atoms with Crippen LogP contribution in [-0.2, 0) is 17.9 Å². The van der Waals surface area contributed by atoms with Crippen LogP contribution in [0.5, 0.6) is 0 Å². The lowest BCUT2D eigenvalue weighted by Gasteiger charge is -2.13. The number of hydrogen-bond donors (Lipinski definition) is 1. The van der Waals surface area contributed by atoms with Crippen molar-refractivity contribution in [1.82, 2.24) is 14.1 Å². The fourth-order valence-corrected chi connectivity index (χ4v) is 3.85. The number of rotatable bonds is 5. The zero-order valence-corrected chi connectivity index (χ0v) is 16.5. The van der Waals surface area contributed by atoms with Gasteiger partial charge in [-0.1, -0.05) is 18.2 Å². The predicted octanol–water partition coefficient (Wildman–Crippen LogP) is 2.62. The molecule has 0 spiro atoms. The Morgan fingerprint density at radius 2 is 1.97 bits per heavy atom. The molecule has 29 heavy (non-hydrogen) atoms. The molecule has 0 saturated heterocycles. The van der Waals surface area contributed by atoms with Gasteiger partial charge in [-0.25, -0.2) is 9.78 Å². The summed E-state index contributed by atoms with van der Waals surface area (Å²) in [4.78, 5) is 43.6. The molecule has 8 heteroatoms. The highest BCUT2D eigenvalue weighted by Gasteiger charge is 2.16. The lowest BCUT2D eigenvalue weighted by atomic mass is 10.2. The Kier molecular flexibility index (Phi) is 5.09. The molecule has 1 N–H and O–H groups in total. The molecule has 0 aliphatic carbocycles. The van der Waals surface area contributed by atoms with Gasteiger partial charge in [-0.15, -0.1) is 11.3 Å². The minimum absolute atomic E-state index is 0.140. The standard InChI is InChI=1S/C21H18N4O3S/c1-14-5-2-6-15(11-14)23-18(26)13-24-17-8-3-9-22-19(17)20(27)25(21(24)28)12-16-7-4-10-29-16/h2-11H,12-13H2,1H3,(H,23,26). The van der Waals surface area contributed by atoms with E-state index in [1.807, 2.05) is 42.6 Å². The lowest BCUT2D eigenvalue weighted by Crippen LogP contribution is -2.42. The van der Waals surface area contributed by atoms with Crippen molar-refractivity contribution < 1.29 is 4.79 Å². The van der Waals surface area contributed by atoms with E-state index in [0.29, 0.717) is 11.2 Å². The Morgan fingerprint density at radius 1 is 1.10 bits per heavy atom. The summed E-state index contributed by atoms with van der Waals surface area (Å²) in [5.41, 5.74) is 1.16. The zero-order valence-electron chi connectivity index (χ0n) is 15.7. The molecule has 4 rings (SSSR count). The van der Waals surface area contributed by atoms with Gasteiger partial charge in [-0.05, 0) is 48.2 Å². The number of fused-ring (bicyclic) bond motifs is 1. The number of nitrogens with zero attached hydrogens (tertiary/aromatic N) is 3. The van der Waals surface area contributed by atoms with E-state index in [4.69, 9.17) is 0 Å². The van der Waals surface area contributed by atoms with Gasteiger partial charge in [0.15, 0.2) is 5.52 Å². The van der Waals surface area contributed by atoms with Crippen molar-refractivity contribution in [3.8, 4) is 0 Å². The summed E-state index contributed by atoms with van der Waals surface area (Å²) in [6.07, 6.45) is 1.50. The number of carbonyl (C=O) groups excluding carboxylic acids is 1. The molecule has 0 radical (unpaired) electrons. The SMILES string of the molecule is Cc1cccc(NC(=O)Cn2c(=O)n(Cc3cccs3)c(=O)c3ncccc32)c1. The minimum Gasteiger partial charge on any atom is -0.325 e. The van der Waals surface area contributed by atoms with Gasteiger partial charge in [-0.2, -0.15) is 0 Å². The van der Waals surface area contributed by atoms with Gasteiger partial charge >= 0.3 is 5.69 Å². The largest absolute Gasteiger partial charge is 0.332 e. The predicted molar refractivity (Wildman–Crippen MR) is 113 cm³/mol. The molecule has 0 saturated carbocycles. The highest BCUT2D eigenvalue weighted by atomic mass is 32.1. The number of anilines is 1. The Labute approximate surface area is 169 Å². The van der Waals surface area contributed by atoms with Crippen LogP contribution in [0.1, 0.15) is 10.4 Å². The van der Waals surface area contributed by atoms with Gasteiger partial charge in [-0.3, -0.25) is 18.7 Å². The van der Waals surface area contributed by atoms with Crippen LogP contribution < -0.4 is 16.6 Å². The molecule has 4 aromatic rings. The second-order valence-corrected chi connectivity index (χ2v) is 7.66. The Bertz CT molecular complexity index is 1310. The smallest absolute Gasteiger partial charge is 0.325 e. The first-order valence-corrected chi connectivity index (χ1v) is 9.88. The van der Waals surface area contributed by atoms with Crippen LogP contribution in [0, 0.1) is 6.92 Å². The maximum Gasteiger partial charge on any atom is 0.332 e. The molecule has 0 bridgehead atoms. The van der Waals surface area contributed by atoms with Gasteiger partial charge in [0, 0.05) is 16.8 Å². The van der Waals surface area contributed by atoms with Crippen LogP contribution in [0.3, 0.4) is 0 Å². The van der Waals surface area contributed by atoms with Crippen molar-refractivity contribution in [1.29, 1.82) is 0 Å². The van der Waals surface area contributed by atoms with Crippen molar-refractivity contribution in [2.45, 2.75) is 20.0 Å². The van der Waals surface area contributed by atoms with E-state index in [0.717, 1.165) is 15.0 Å². The molecular formula is C21H18N4O3S. The highest BCUT2D eigenvalue weighted by Crippen LogP contribution is 2.12. The van der Waals surface area contributed by atoms with Gasteiger partial charge in [0.1, 0.15) is 6.54 Å². The third-order valence-corrected chi connectivity index (χ3v) is 5.35. The van der Waals surface area contributed by atoms with Gasteiger partial charge in [0.25, 0.3) is 5.56 Å². The van der Waals surface area contributed by atoms with Crippen LogP contribution in [0.15, 0.2) is 69.7 Å². The Hall–Kier alpha value is -3.52. The molecule has 3 heterocycles. The number of thiophene rings is 1. The third kappa shape index (κ3) is 3.88. The molecule has 0 aliphatic rings. The average Bonchev–Trinajstić information content (AvgIpc) is 3.22. The number of benzene rings is 1. The van der Waals surface area contributed by atoms with Gasteiger partial charge in [0.2, 0.25) is 5.91 Å². The van der Waals surface area contributed by atoms with Gasteiger partial charge in [0.05, 0.1) is 12.1 Å². The number of aryl methyl sites for hydroxylation is 1. The second kappa shape index (κ2) is 7.84. The summed E-state index contributed by atoms with van der Waals surface area (Å²) in [5, 5.41) is 4.68. The zero-order chi connectivity index (χ0) is 20.4. The summed E-state index contributed by atoms with van der Waals surface area (Å²) in [5.74, 6) is -0.357. The monoisotopic (exact) mass is 406 g/mol. The molecule has 0 atom stereocenters. The van der Waals surface area contributed by atoms with E-state index in [2.05, 4.69) is 10.3 Å². The van der Waals surface area contributed by atoms with Crippen molar-refractivity contribution in [3.63, 3.8) is 0 Å². The lowest BCUT2D eigenvalue weighted by molar-refractivity contribution is -0.116. The fourth-order valence-electron chi connectivity index (χ4n) is 3.16.